The number of hydrogen-bond donors (Lipinski definition) is 0. The van der Waals surface area contributed by atoms with E-state index in [1.807, 2.05) is 0 Å². The van der Waals surface area contributed by atoms with Crippen molar-refractivity contribution in [2.24, 2.45) is 0 Å². The molecule has 0 N–H and O–H groups in total. The van der Waals surface area contributed by atoms with Crippen LogP contribution in [0.15, 0.2) is 114 Å². The zero-order chi connectivity index (χ0) is 48.7. The van der Waals surface area contributed by atoms with E-state index in [0.717, 1.165) is 30.0 Å². The first-order valence-electron chi connectivity index (χ1n) is 26.2. The molecule has 2 atom stereocenters. The highest BCUT2D eigenvalue weighted by molar-refractivity contribution is 7.01. The van der Waals surface area contributed by atoms with Crippen molar-refractivity contribution in [3.63, 3.8) is 0 Å². The minimum Gasteiger partial charge on any atom is -0.440 e. The van der Waals surface area contributed by atoms with Crippen LogP contribution in [0.25, 0.3) is 22.1 Å². The van der Waals surface area contributed by atoms with E-state index < -0.39 is 0 Å². The number of benzene rings is 6. The maximum Gasteiger partial charge on any atom is 0.257 e. The second kappa shape index (κ2) is 14.1. The standard InChI is InChI=1S/C65H73BN2O/c1-59(2,3)40-21-24-43(25-22-40)67-53-32-42(61(7,8)9)33-54-57(53)66(56-45-34-48-49(37-55(45)69-58(56)67)65(15)30-29-64(48,14)38-65)50-35-46-47(63(12,13)28-27-62(46,10)11)36-52(50)68(54)51-26-23-41(60(4,5)6)31-44(51)39-19-17-16-18-20-39/h16-26,31-37H,27-30,38H2,1-15H3. The molecular weight excluding hydrogens is 836 g/mol. The number of fused-ring (bicyclic) bond motifs is 12. The predicted octanol–water partition coefficient (Wildman–Crippen LogP) is 16.1. The van der Waals surface area contributed by atoms with Gasteiger partial charge in [0, 0.05) is 39.2 Å². The van der Waals surface area contributed by atoms with Crippen molar-refractivity contribution >= 4 is 68.4 Å². The summed E-state index contributed by atoms with van der Waals surface area (Å²) < 4.78 is 7.59. The van der Waals surface area contributed by atoms with E-state index in [9.17, 15) is 0 Å². The highest BCUT2D eigenvalue weighted by Crippen LogP contribution is 2.62. The van der Waals surface area contributed by atoms with Crippen LogP contribution in [0.5, 0.6) is 0 Å². The topological polar surface area (TPSA) is 19.6 Å². The first kappa shape index (κ1) is 44.7. The third kappa shape index (κ3) is 6.51. The molecule has 0 spiro atoms. The molecule has 0 saturated heterocycles. The Hall–Kier alpha value is -5.48. The third-order valence-corrected chi connectivity index (χ3v) is 18.2. The van der Waals surface area contributed by atoms with Crippen molar-refractivity contribution in [1.29, 1.82) is 0 Å². The summed E-state index contributed by atoms with van der Waals surface area (Å²) in [5.74, 6) is 0.963. The summed E-state index contributed by atoms with van der Waals surface area (Å²) in [5.41, 5.74) is 23.9. The predicted molar refractivity (Wildman–Crippen MR) is 296 cm³/mol. The monoisotopic (exact) mass is 909 g/mol. The number of hydrogen-bond acceptors (Lipinski definition) is 3. The number of furan rings is 1. The smallest absolute Gasteiger partial charge is 0.257 e. The number of rotatable bonds is 3. The molecule has 3 heterocycles. The molecule has 0 amide bonds. The Morgan fingerprint density at radius 2 is 1.04 bits per heavy atom. The molecular formula is C65H73BN2O. The van der Waals surface area contributed by atoms with E-state index >= 15 is 0 Å². The Kier molecular flexibility index (Phi) is 9.14. The van der Waals surface area contributed by atoms with Crippen LogP contribution in [0.4, 0.5) is 34.3 Å². The molecule has 2 aliphatic heterocycles. The number of anilines is 6. The average molecular weight is 909 g/mol. The lowest BCUT2D eigenvalue weighted by Gasteiger charge is -2.47. The fourth-order valence-electron chi connectivity index (χ4n) is 13.8. The summed E-state index contributed by atoms with van der Waals surface area (Å²) in [4.78, 5) is 5.23. The largest absolute Gasteiger partial charge is 0.440 e. The molecule has 12 rings (SSSR count). The van der Waals surface area contributed by atoms with Crippen LogP contribution < -0.4 is 26.2 Å². The van der Waals surface area contributed by atoms with Gasteiger partial charge in [0.05, 0.1) is 5.69 Å². The fourth-order valence-corrected chi connectivity index (χ4v) is 13.8. The van der Waals surface area contributed by atoms with Gasteiger partial charge in [-0.2, -0.15) is 0 Å². The lowest BCUT2D eigenvalue weighted by Crippen LogP contribution is -2.61. The van der Waals surface area contributed by atoms with E-state index in [0.29, 0.717) is 0 Å². The third-order valence-electron chi connectivity index (χ3n) is 18.2. The first-order chi connectivity index (χ1) is 32.3. The van der Waals surface area contributed by atoms with Crippen LogP contribution >= 0.6 is 0 Å². The van der Waals surface area contributed by atoms with Gasteiger partial charge >= 0.3 is 0 Å². The van der Waals surface area contributed by atoms with E-state index in [1.165, 1.54) is 108 Å². The van der Waals surface area contributed by atoms with Crippen molar-refractivity contribution in [3.8, 4) is 11.1 Å². The molecule has 3 aliphatic carbocycles. The normalized spacial score (nSPS) is 21.8. The van der Waals surface area contributed by atoms with Crippen molar-refractivity contribution in [3.05, 3.63) is 148 Å². The van der Waals surface area contributed by atoms with E-state index in [1.54, 1.807) is 5.56 Å². The van der Waals surface area contributed by atoms with Crippen molar-refractivity contribution < 1.29 is 4.42 Å². The van der Waals surface area contributed by atoms with Gasteiger partial charge in [-0.1, -0.05) is 158 Å². The van der Waals surface area contributed by atoms with Crippen molar-refractivity contribution in [2.45, 2.75) is 174 Å². The quantitative estimate of drug-likeness (QED) is 0.165. The molecule has 6 aromatic carbocycles. The molecule has 69 heavy (non-hydrogen) atoms. The van der Waals surface area contributed by atoms with Crippen LogP contribution in [0.2, 0.25) is 0 Å². The average Bonchev–Trinajstić information content (AvgIpc) is 3.89. The van der Waals surface area contributed by atoms with E-state index in [-0.39, 0.29) is 44.6 Å². The van der Waals surface area contributed by atoms with Crippen LogP contribution in [0.3, 0.4) is 0 Å². The minimum absolute atomic E-state index is 0.0180. The van der Waals surface area contributed by atoms with Gasteiger partial charge < -0.3 is 9.32 Å². The van der Waals surface area contributed by atoms with Gasteiger partial charge in [-0.25, -0.2) is 0 Å². The zero-order valence-electron chi connectivity index (χ0n) is 44.3. The Labute approximate surface area is 413 Å². The van der Waals surface area contributed by atoms with Crippen molar-refractivity contribution in [2.75, 3.05) is 9.80 Å². The van der Waals surface area contributed by atoms with E-state index in [4.69, 9.17) is 4.42 Å². The molecule has 1 saturated carbocycles. The van der Waals surface area contributed by atoms with Gasteiger partial charge in [0.1, 0.15) is 5.58 Å². The van der Waals surface area contributed by atoms with Crippen LogP contribution in [0.1, 0.15) is 175 Å². The minimum atomic E-state index is -0.145. The second-order valence-electron chi connectivity index (χ2n) is 27.2. The molecule has 7 aromatic rings. The van der Waals surface area contributed by atoms with Gasteiger partial charge in [-0.05, 0) is 180 Å². The van der Waals surface area contributed by atoms with Gasteiger partial charge in [0.2, 0.25) is 5.88 Å². The lowest BCUT2D eigenvalue weighted by atomic mass is 9.33. The molecule has 1 aromatic heterocycles. The summed E-state index contributed by atoms with van der Waals surface area (Å²) in [5, 5.41) is 1.27. The molecule has 1 fully saturated rings. The van der Waals surface area contributed by atoms with Crippen LogP contribution in [0, 0.1) is 0 Å². The molecule has 3 nitrogen and oxygen atoms in total. The Morgan fingerprint density at radius 3 is 1.65 bits per heavy atom. The zero-order valence-corrected chi connectivity index (χ0v) is 44.3. The van der Waals surface area contributed by atoms with Crippen LogP contribution in [-0.4, -0.2) is 6.71 Å². The fraction of sp³-hybridized carbons (Fsp3) is 0.415. The summed E-state index contributed by atoms with van der Waals surface area (Å²) >= 11 is 0. The Bertz CT molecular complexity index is 3290. The molecule has 5 aliphatic rings. The molecule has 2 unspecified atom stereocenters. The molecule has 0 radical (unpaired) electrons. The Balaban J connectivity index is 1.25. The Morgan fingerprint density at radius 1 is 0.478 bits per heavy atom. The van der Waals surface area contributed by atoms with Gasteiger partial charge in [0.15, 0.2) is 0 Å². The van der Waals surface area contributed by atoms with Crippen molar-refractivity contribution in [1.82, 2.24) is 0 Å². The summed E-state index contributed by atoms with van der Waals surface area (Å²) in [7, 11) is 0. The van der Waals surface area contributed by atoms with Gasteiger partial charge in [0.25, 0.3) is 6.71 Å². The van der Waals surface area contributed by atoms with Gasteiger partial charge in [-0.15, -0.1) is 0 Å². The van der Waals surface area contributed by atoms with E-state index in [2.05, 4.69) is 223 Å². The number of nitrogens with zero attached hydrogens (tertiary/aromatic N) is 2. The van der Waals surface area contributed by atoms with Crippen LogP contribution in [-0.2, 0) is 37.9 Å². The van der Waals surface area contributed by atoms with Gasteiger partial charge in [-0.3, -0.25) is 4.90 Å². The maximum absolute atomic E-state index is 7.59. The highest BCUT2D eigenvalue weighted by Gasteiger charge is 2.55. The SMILES string of the molecule is CC(C)(C)c1ccc(N2c3cc(C(C)(C)C)cc4c3B(c3cc5c(cc3N4c3ccc(C(C)(C)C)cc3-c3ccccc3)C(C)(C)CCC5(C)C)c3c2oc2cc4c(cc32)C2(C)CCC4(C)C2)cc1. The first-order valence-corrected chi connectivity index (χ1v) is 26.2. The lowest BCUT2D eigenvalue weighted by molar-refractivity contribution is 0.332. The summed E-state index contributed by atoms with van der Waals surface area (Å²) in [6, 6.07) is 43.4. The summed E-state index contributed by atoms with van der Waals surface area (Å²) in [6.07, 6.45) is 6.01. The summed E-state index contributed by atoms with van der Waals surface area (Å²) in [6.45, 7) is 36.0. The molecule has 4 heteroatoms. The molecule has 2 bridgehead atoms. The maximum atomic E-state index is 7.59. The molecule has 352 valence electrons. The highest BCUT2D eigenvalue weighted by atomic mass is 16.4. The second-order valence-corrected chi connectivity index (χ2v) is 27.2.